The summed E-state index contributed by atoms with van der Waals surface area (Å²) < 4.78 is 18.7. The molecule has 1 heterocycles. The van der Waals surface area contributed by atoms with Gasteiger partial charge in [-0.1, -0.05) is 17.7 Å². The standard InChI is InChI=1S/C14H16ClFN2O/c1-14(2,3)17-7-9-8-19-13(18-9)10-5-4-6-11(16)12(10)15/h4-6,8,17H,7H2,1-3H3. The maximum Gasteiger partial charge on any atom is 0.227 e. The van der Waals surface area contributed by atoms with Crippen molar-refractivity contribution in [3.8, 4) is 11.5 Å². The summed E-state index contributed by atoms with van der Waals surface area (Å²) >= 11 is 5.90. The summed E-state index contributed by atoms with van der Waals surface area (Å²) in [6, 6.07) is 4.56. The highest BCUT2D eigenvalue weighted by molar-refractivity contribution is 6.33. The Morgan fingerprint density at radius 2 is 2.11 bits per heavy atom. The molecule has 102 valence electrons. The Kier molecular flexibility index (Phi) is 3.92. The second-order valence-electron chi connectivity index (χ2n) is 5.35. The van der Waals surface area contributed by atoms with Crippen molar-refractivity contribution < 1.29 is 8.81 Å². The second-order valence-corrected chi connectivity index (χ2v) is 5.73. The van der Waals surface area contributed by atoms with Gasteiger partial charge in [0, 0.05) is 12.1 Å². The lowest BCUT2D eigenvalue weighted by Crippen LogP contribution is -2.35. The molecule has 5 heteroatoms. The van der Waals surface area contributed by atoms with Gasteiger partial charge in [0.05, 0.1) is 16.3 Å². The Hall–Kier alpha value is -1.39. The first-order valence-electron chi connectivity index (χ1n) is 6.00. The maximum atomic E-state index is 13.4. The molecule has 1 N–H and O–H groups in total. The van der Waals surface area contributed by atoms with Crippen LogP contribution >= 0.6 is 11.6 Å². The summed E-state index contributed by atoms with van der Waals surface area (Å²) in [5.41, 5.74) is 1.21. The highest BCUT2D eigenvalue weighted by Crippen LogP contribution is 2.29. The van der Waals surface area contributed by atoms with Crippen LogP contribution in [0.25, 0.3) is 11.5 Å². The Morgan fingerprint density at radius 1 is 1.37 bits per heavy atom. The molecular formula is C14H16ClFN2O. The summed E-state index contributed by atoms with van der Waals surface area (Å²) in [4.78, 5) is 4.31. The first kappa shape index (κ1) is 14.0. The van der Waals surface area contributed by atoms with Crippen molar-refractivity contribution in [3.05, 3.63) is 41.0 Å². The molecular weight excluding hydrogens is 267 g/mol. The van der Waals surface area contributed by atoms with Gasteiger partial charge < -0.3 is 9.73 Å². The van der Waals surface area contributed by atoms with E-state index in [9.17, 15) is 4.39 Å². The van der Waals surface area contributed by atoms with Crippen LogP contribution in [0.2, 0.25) is 5.02 Å². The highest BCUT2D eigenvalue weighted by atomic mass is 35.5. The van der Waals surface area contributed by atoms with E-state index in [4.69, 9.17) is 16.0 Å². The molecule has 1 aromatic heterocycles. The van der Waals surface area contributed by atoms with Gasteiger partial charge in [0.1, 0.15) is 12.1 Å². The number of hydrogen-bond donors (Lipinski definition) is 1. The predicted molar refractivity (Wildman–Crippen MR) is 73.5 cm³/mol. The fraction of sp³-hybridized carbons (Fsp3) is 0.357. The number of aromatic nitrogens is 1. The van der Waals surface area contributed by atoms with Crippen LogP contribution in [0.4, 0.5) is 4.39 Å². The number of halogens is 2. The first-order valence-corrected chi connectivity index (χ1v) is 6.38. The minimum Gasteiger partial charge on any atom is -0.444 e. The fourth-order valence-electron chi connectivity index (χ4n) is 1.54. The van der Waals surface area contributed by atoms with Gasteiger partial charge in [0.2, 0.25) is 5.89 Å². The minimum absolute atomic E-state index is 0.00435. The molecule has 0 unspecified atom stereocenters. The number of oxazole rings is 1. The zero-order valence-corrected chi connectivity index (χ0v) is 11.9. The van der Waals surface area contributed by atoms with Gasteiger partial charge in [-0.2, -0.15) is 0 Å². The number of nitrogens with zero attached hydrogens (tertiary/aromatic N) is 1. The summed E-state index contributed by atoms with van der Waals surface area (Å²) in [6.07, 6.45) is 1.55. The Morgan fingerprint density at radius 3 is 2.79 bits per heavy atom. The quantitative estimate of drug-likeness (QED) is 0.924. The third kappa shape index (κ3) is 3.55. The highest BCUT2D eigenvalue weighted by Gasteiger charge is 2.14. The van der Waals surface area contributed by atoms with Crippen LogP contribution in [0.3, 0.4) is 0 Å². The smallest absolute Gasteiger partial charge is 0.227 e. The third-order valence-corrected chi connectivity index (χ3v) is 2.92. The van der Waals surface area contributed by atoms with Crippen molar-refractivity contribution >= 4 is 11.6 Å². The lowest BCUT2D eigenvalue weighted by Gasteiger charge is -2.19. The molecule has 0 aliphatic rings. The molecule has 0 spiro atoms. The Bertz CT molecular complexity index is 575. The van der Waals surface area contributed by atoms with Gasteiger partial charge in [0.15, 0.2) is 0 Å². The van der Waals surface area contributed by atoms with Crippen LogP contribution in [-0.2, 0) is 6.54 Å². The van der Waals surface area contributed by atoms with Gasteiger partial charge in [-0.25, -0.2) is 9.37 Å². The van der Waals surface area contributed by atoms with E-state index >= 15 is 0 Å². The molecule has 0 saturated carbocycles. The van der Waals surface area contributed by atoms with Crippen molar-refractivity contribution in [3.63, 3.8) is 0 Å². The van der Waals surface area contributed by atoms with Crippen molar-refractivity contribution in [1.82, 2.24) is 10.3 Å². The molecule has 0 fully saturated rings. The lowest BCUT2D eigenvalue weighted by molar-refractivity contribution is 0.421. The fourth-order valence-corrected chi connectivity index (χ4v) is 1.74. The number of rotatable bonds is 3. The van der Waals surface area contributed by atoms with Crippen molar-refractivity contribution in [2.45, 2.75) is 32.9 Å². The largest absolute Gasteiger partial charge is 0.444 e. The van der Waals surface area contributed by atoms with Crippen LogP contribution in [0, 0.1) is 5.82 Å². The summed E-state index contributed by atoms with van der Waals surface area (Å²) in [5, 5.41) is 3.33. The van der Waals surface area contributed by atoms with Crippen molar-refractivity contribution in [2.75, 3.05) is 0 Å². The van der Waals surface area contributed by atoms with Crippen LogP contribution in [-0.4, -0.2) is 10.5 Å². The first-order chi connectivity index (χ1) is 8.87. The molecule has 1 aromatic carbocycles. The molecule has 3 nitrogen and oxygen atoms in total. The van der Waals surface area contributed by atoms with E-state index in [-0.39, 0.29) is 10.6 Å². The number of benzene rings is 1. The van der Waals surface area contributed by atoms with Crippen LogP contribution < -0.4 is 5.32 Å². The van der Waals surface area contributed by atoms with Gasteiger partial charge in [-0.15, -0.1) is 0 Å². The molecule has 0 aliphatic carbocycles. The van der Waals surface area contributed by atoms with Crippen molar-refractivity contribution in [1.29, 1.82) is 0 Å². The zero-order valence-electron chi connectivity index (χ0n) is 11.1. The molecule has 0 bridgehead atoms. The van der Waals surface area contributed by atoms with E-state index in [1.54, 1.807) is 18.4 Å². The molecule has 19 heavy (non-hydrogen) atoms. The average molecular weight is 283 g/mol. The molecule has 0 amide bonds. The van der Waals surface area contributed by atoms with Gasteiger partial charge in [0.25, 0.3) is 0 Å². The summed E-state index contributed by atoms with van der Waals surface area (Å²) in [5.74, 6) is -0.151. The Balaban J connectivity index is 2.19. The molecule has 0 aliphatic heterocycles. The maximum absolute atomic E-state index is 13.4. The summed E-state index contributed by atoms with van der Waals surface area (Å²) in [7, 11) is 0. The molecule has 0 saturated heterocycles. The minimum atomic E-state index is -0.480. The molecule has 2 aromatic rings. The Labute approximate surface area is 116 Å². The second kappa shape index (κ2) is 5.31. The topological polar surface area (TPSA) is 38.1 Å². The van der Waals surface area contributed by atoms with Gasteiger partial charge in [-0.3, -0.25) is 0 Å². The lowest BCUT2D eigenvalue weighted by atomic mass is 10.1. The van der Waals surface area contributed by atoms with E-state index in [2.05, 4.69) is 31.1 Å². The van der Waals surface area contributed by atoms with Crippen LogP contribution in [0.15, 0.2) is 28.9 Å². The monoisotopic (exact) mass is 282 g/mol. The average Bonchev–Trinajstić information content (AvgIpc) is 2.78. The molecule has 2 rings (SSSR count). The van der Waals surface area contributed by atoms with Crippen LogP contribution in [0.1, 0.15) is 26.5 Å². The number of nitrogens with one attached hydrogen (secondary N) is 1. The van der Waals surface area contributed by atoms with Gasteiger partial charge in [-0.05, 0) is 32.9 Å². The number of hydrogen-bond acceptors (Lipinski definition) is 3. The van der Waals surface area contributed by atoms with E-state index < -0.39 is 5.82 Å². The SMILES string of the molecule is CC(C)(C)NCc1coc(-c2cccc(F)c2Cl)n1. The molecule has 0 atom stereocenters. The van der Waals surface area contributed by atoms with E-state index in [0.717, 1.165) is 5.69 Å². The zero-order chi connectivity index (χ0) is 14.0. The third-order valence-electron chi connectivity index (χ3n) is 2.53. The van der Waals surface area contributed by atoms with E-state index in [0.29, 0.717) is 18.0 Å². The predicted octanol–water partition coefficient (Wildman–Crippen LogP) is 4.02. The van der Waals surface area contributed by atoms with E-state index in [1.165, 1.54) is 6.07 Å². The van der Waals surface area contributed by atoms with E-state index in [1.807, 2.05) is 0 Å². The summed E-state index contributed by atoms with van der Waals surface area (Å²) in [6.45, 7) is 6.78. The van der Waals surface area contributed by atoms with Crippen molar-refractivity contribution in [2.24, 2.45) is 0 Å². The normalized spacial score (nSPS) is 11.8. The van der Waals surface area contributed by atoms with Crippen LogP contribution in [0.5, 0.6) is 0 Å². The van der Waals surface area contributed by atoms with Gasteiger partial charge >= 0.3 is 0 Å². The molecule has 0 radical (unpaired) electrons.